The highest BCUT2D eigenvalue weighted by atomic mass is 16.5. The van der Waals surface area contributed by atoms with Crippen molar-refractivity contribution >= 4 is 28.7 Å². The number of rotatable bonds is 3. The largest absolute Gasteiger partial charge is 0.592 e. The zero-order valence-electron chi connectivity index (χ0n) is 15.4. The molecule has 1 aromatic heterocycles. The van der Waals surface area contributed by atoms with Crippen LogP contribution in [0.2, 0.25) is 0 Å². The Kier molecular flexibility index (Phi) is 4.90. The molecule has 1 aliphatic heterocycles. The average Bonchev–Trinajstić information content (AvgIpc) is 2.74. The Bertz CT molecular complexity index is 986. The molecule has 4 rings (SSSR count). The van der Waals surface area contributed by atoms with Gasteiger partial charge in [-0.1, -0.05) is 6.08 Å². The number of nitrogens with one attached hydrogen (secondary N) is 1. The van der Waals surface area contributed by atoms with Crippen molar-refractivity contribution in [3.63, 3.8) is 0 Å². The Morgan fingerprint density at radius 3 is 2.57 bits per heavy atom. The minimum absolute atomic E-state index is 0.197. The third kappa shape index (κ3) is 3.65. The number of morpholine rings is 1. The fourth-order valence-electron chi connectivity index (χ4n) is 3.26. The lowest BCUT2D eigenvalue weighted by atomic mass is 9.95. The van der Waals surface area contributed by atoms with E-state index >= 15 is 0 Å². The second-order valence-electron chi connectivity index (χ2n) is 6.58. The maximum absolute atomic E-state index is 8.62. The highest BCUT2D eigenvalue weighted by Gasteiger charge is 2.19. The Labute approximate surface area is 163 Å². The smallest absolute Gasteiger partial charge is 0.270 e. The molecular weight excluding hydrogens is 354 g/mol. The topological polar surface area (TPSA) is 111 Å². The van der Waals surface area contributed by atoms with Gasteiger partial charge < -0.3 is 20.5 Å². The van der Waals surface area contributed by atoms with Gasteiger partial charge in [-0.3, -0.25) is 5.41 Å². The summed E-state index contributed by atoms with van der Waals surface area (Å²) in [5, 5.41) is 16.9. The fraction of sp³-hybridized carbons (Fsp3) is 0.190. The van der Waals surface area contributed by atoms with E-state index in [1.165, 1.54) is 0 Å². The van der Waals surface area contributed by atoms with Crippen molar-refractivity contribution in [3.8, 4) is 0 Å². The zero-order valence-corrected chi connectivity index (χ0v) is 15.4. The number of nitrogens with two attached hydrogens (primary N) is 1. The number of allylic oxidation sites excluding steroid dienone is 5. The van der Waals surface area contributed by atoms with E-state index in [1.807, 2.05) is 36.4 Å². The van der Waals surface area contributed by atoms with Gasteiger partial charge in [0.05, 0.1) is 35.8 Å². The van der Waals surface area contributed by atoms with Crippen LogP contribution in [0.1, 0.15) is 11.3 Å². The molecule has 2 aromatic rings. The molecule has 2 heterocycles. The Balaban J connectivity index is 1.64. The van der Waals surface area contributed by atoms with Gasteiger partial charge in [0.15, 0.2) is 0 Å². The summed E-state index contributed by atoms with van der Waals surface area (Å²) in [5.41, 5.74) is 9.89. The molecule has 1 aliphatic carbocycles. The van der Waals surface area contributed by atoms with Crippen LogP contribution in [-0.4, -0.2) is 47.1 Å². The molecular formula is C21H22N5O2+. The molecule has 0 unspecified atom stereocenters. The molecule has 0 spiro atoms. The molecule has 142 valence electrons. The van der Waals surface area contributed by atoms with Crippen molar-refractivity contribution in [2.45, 2.75) is 0 Å². The lowest BCUT2D eigenvalue weighted by molar-refractivity contribution is 0.122. The van der Waals surface area contributed by atoms with E-state index in [0.717, 1.165) is 43.1 Å². The maximum Gasteiger partial charge on any atom is 0.270 e. The third-order valence-corrected chi connectivity index (χ3v) is 4.79. The molecule has 7 heteroatoms. The molecule has 28 heavy (non-hydrogen) atoms. The number of ether oxygens (including phenoxy) is 1. The third-order valence-electron chi connectivity index (χ3n) is 4.79. The first-order valence-corrected chi connectivity index (χ1v) is 9.08. The van der Waals surface area contributed by atoms with Crippen molar-refractivity contribution in [1.29, 1.82) is 5.41 Å². The first-order valence-electron chi connectivity index (χ1n) is 9.08. The van der Waals surface area contributed by atoms with Crippen LogP contribution in [-0.2, 0) is 4.74 Å². The molecule has 0 atom stereocenters. The first-order chi connectivity index (χ1) is 13.6. The zero-order chi connectivity index (χ0) is 19.5. The van der Waals surface area contributed by atoms with Crippen LogP contribution in [0.15, 0.2) is 60.3 Å². The van der Waals surface area contributed by atoms with Crippen LogP contribution in [0.25, 0.3) is 11.3 Å². The molecule has 0 bridgehead atoms. The van der Waals surface area contributed by atoms with Gasteiger partial charge in [-0.2, -0.15) is 0 Å². The Morgan fingerprint density at radius 2 is 1.86 bits per heavy atom. The van der Waals surface area contributed by atoms with Gasteiger partial charge in [0.25, 0.3) is 5.76 Å². The molecule has 1 fully saturated rings. The van der Waals surface area contributed by atoms with Crippen molar-refractivity contribution < 1.29 is 9.84 Å². The summed E-state index contributed by atoms with van der Waals surface area (Å²) in [5.74, 6) is 0.505. The minimum Gasteiger partial charge on any atom is -0.592 e. The van der Waals surface area contributed by atoms with Gasteiger partial charge in [0, 0.05) is 30.5 Å². The quantitative estimate of drug-likeness (QED) is 0.629. The number of anilines is 2. The summed E-state index contributed by atoms with van der Waals surface area (Å²) >= 11 is 0. The lowest BCUT2D eigenvalue weighted by Crippen LogP contribution is -2.36. The number of benzene rings is 1. The molecule has 2 aliphatic rings. The van der Waals surface area contributed by atoms with Crippen LogP contribution >= 0.6 is 0 Å². The molecule has 0 saturated carbocycles. The summed E-state index contributed by atoms with van der Waals surface area (Å²) in [7, 11) is 0. The minimum atomic E-state index is 0.197. The molecule has 0 amide bonds. The molecule has 0 radical (unpaired) electrons. The second-order valence-corrected chi connectivity index (χ2v) is 6.58. The van der Waals surface area contributed by atoms with Gasteiger partial charge in [-0.25, -0.2) is 9.97 Å². The normalized spacial score (nSPS) is 18.8. The van der Waals surface area contributed by atoms with Crippen LogP contribution < -0.4 is 10.6 Å². The van der Waals surface area contributed by atoms with Crippen LogP contribution in [0.5, 0.6) is 0 Å². The van der Waals surface area contributed by atoms with E-state index in [2.05, 4.69) is 14.9 Å². The summed E-state index contributed by atoms with van der Waals surface area (Å²) in [6.07, 6.45) is 6.89. The van der Waals surface area contributed by atoms with Crippen molar-refractivity contribution in [2.24, 2.45) is 0 Å². The van der Waals surface area contributed by atoms with Gasteiger partial charge in [0.1, 0.15) is 0 Å². The number of nitrogens with zero attached hydrogens (tertiary/aromatic N) is 3. The number of hydrogen-bond donors (Lipinski definition) is 2. The van der Waals surface area contributed by atoms with Crippen LogP contribution in [0, 0.1) is 5.41 Å². The monoisotopic (exact) mass is 376 g/mol. The molecule has 7 nitrogen and oxygen atoms in total. The standard InChI is InChI=1S/C21H21N5O2/c22-18-6-3-15(19-7-8-24-21(23)25-19)13-17(18)20(27)14-1-4-16(5-2-14)26-9-11-28-12-10-26/h1-8,13,22,27H,9-12H2,(H2,23,24,25)/p+1/b20-17-,22-18?. The van der Waals surface area contributed by atoms with E-state index in [-0.39, 0.29) is 5.95 Å². The van der Waals surface area contributed by atoms with Crippen molar-refractivity contribution in [2.75, 3.05) is 36.9 Å². The predicted octanol–water partition coefficient (Wildman–Crippen LogP) is 2.00. The Hall–Kier alpha value is -3.45. The van der Waals surface area contributed by atoms with Crippen LogP contribution in [0.4, 0.5) is 11.6 Å². The van der Waals surface area contributed by atoms with E-state index in [1.54, 1.807) is 18.3 Å². The summed E-state index contributed by atoms with van der Waals surface area (Å²) in [4.78, 5) is 10.4. The molecule has 1 saturated heterocycles. The first kappa shape index (κ1) is 17.9. The van der Waals surface area contributed by atoms with Gasteiger partial charge in [0.2, 0.25) is 5.95 Å². The van der Waals surface area contributed by atoms with Crippen molar-refractivity contribution in [3.05, 3.63) is 71.6 Å². The summed E-state index contributed by atoms with van der Waals surface area (Å²) in [6, 6.07) is 9.67. The summed E-state index contributed by atoms with van der Waals surface area (Å²) in [6.45, 7) is 3.22. The highest BCUT2D eigenvalue weighted by Crippen LogP contribution is 2.28. The molecule has 5 N–H and O–H groups in total. The SMILES string of the molecule is N=C1C=CC(c2ccnc(N)n2)=C/C1=C(/[OH2+])c1ccc(N2CCOCC2)cc1. The number of hydrogen-bond acceptors (Lipinski definition) is 6. The number of aromatic nitrogens is 2. The highest BCUT2D eigenvalue weighted by molar-refractivity contribution is 6.16. The van der Waals surface area contributed by atoms with E-state index in [9.17, 15) is 0 Å². The fourth-order valence-corrected chi connectivity index (χ4v) is 3.26. The van der Waals surface area contributed by atoms with Crippen molar-refractivity contribution in [1.82, 2.24) is 9.97 Å². The summed E-state index contributed by atoms with van der Waals surface area (Å²) < 4.78 is 5.40. The Morgan fingerprint density at radius 1 is 1.11 bits per heavy atom. The second kappa shape index (κ2) is 7.66. The predicted molar refractivity (Wildman–Crippen MR) is 111 cm³/mol. The van der Waals surface area contributed by atoms with E-state index in [0.29, 0.717) is 22.7 Å². The van der Waals surface area contributed by atoms with E-state index in [4.69, 9.17) is 21.0 Å². The lowest BCUT2D eigenvalue weighted by Gasteiger charge is -2.28. The maximum atomic E-state index is 8.62. The number of nitrogen functional groups attached to an aromatic ring is 1. The average molecular weight is 376 g/mol. The van der Waals surface area contributed by atoms with Gasteiger partial charge in [-0.15, -0.1) is 0 Å². The van der Waals surface area contributed by atoms with Gasteiger partial charge in [-0.05, 0) is 42.5 Å². The van der Waals surface area contributed by atoms with E-state index < -0.39 is 0 Å². The van der Waals surface area contributed by atoms with Gasteiger partial charge >= 0.3 is 0 Å². The molecule has 1 aromatic carbocycles. The van der Waals surface area contributed by atoms with Crippen LogP contribution in [0.3, 0.4) is 0 Å².